The van der Waals surface area contributed by atoms with E-state index in [0.717, 1.165) is 6.42 Å². The lowest BCUT2D eigenvalue weighted by molar-refractivity contribution is -0.128. The van der Waals surface area contributed by atoms with E-state index in [4.69, 9.17) is 0 Å². The summed E-state index contributed by atoms with van der Waals surface area (Å²) in [6.45, 7) is 3.39. The molecular weight excluding hydrogens is 248 g/mol. The minimum atomic E-state index is 0.536. The summed E-state index contributed by atoms with van der Waals surface area (Å²) in [6, 6.07) is 0. The van der Waals surface area contributed by atoms with Crippen LogP contribution in [-0.4, -0.2) is 13.1 Å². The van der Waals surface area contributed by atoms with Crippen LogP contribution >= 0.6 is 0 Å². The molecule has 0 saturated heterocycles. The normalized spacial score (nSPS) is 11.1. The van der Waals surface area contributed by atoms with Gasteiger partial charge in [0.05, 0.1) is 6.61 Å². The van der Waals surface area contributed by atoms with E-state index >= 15 is 0 Å². The van der Waals surface area contributed by atoms with Crippen LogP contribution in [0.25, 0.3) is 0 Å². The van der Waals surface area contributed by atoms with Crippen molar-refractivity contribution in [3.05, 3.63) is 12.2 Å². The second-order valence-electron chi connectivity index (χ2n) is 5.55. The number of hydrogen-bond donors (Lipinski definition) is 0. The van der Waals surface area contributed by atoms with Gasteiger partial charge in [0.15, 0.2) is 0 Å². The molecular formula is C18H34O2. The molecule has 0 unspecified atom stereocenters. The molecule has 0 heterocycles. The topological polar surface area (TPSA) is 26.3 Å². The molecule has 0 N–H and O–H groups in total. The summed E-state index contributed by atoms with van der Waals surface area (Å²) in [5.41, 5.74) is 0. The van der Waals surface area contributed by atoms with Crippen molar-refractivity contribution in [3.63, 3.8) is 0 Å². The first-order chi connectivity index (χ1) is 9.91. The van der Waals surface area contributed by atoms with Crippen LogP contribution in [0.5, 0.6) is 0 Å². The highest BCUT2D eigenvalue weighted by Crippen LogP contribution is 2.09. The summed E-state index contributed by atoms with van der Waals surface area (Å²) < 4.78 is 4.66. The van der Waals surface area contributed by atoms with Crippen LogP contribution in [0.3, 0.4) is 0 Å². The Kier molecular flexibility index (Phi) is 17.5. The molecule has 0 aliphatic carbocycles. The highest BCUT2D eigenvalue weighted by molar-refractivity contribution is 5.36. The van der Waals surface area contributed by atoms with Crippen molar-refractivity contribution in [2.75, 3.05) is 6.61 Å². The maximum absolute atomic E-state index is 9.92. The molecule has 20 heavy (non-hydrogen) atoms. The zero-order chi connectivity index (χ0) is 14.7. The zero-order valence-electron chi connectivity index (χ0n) is 13.4. The Morgan fingerprint density at radius 1 is 0.700 bits per heavy atom. The Bertz CT molecular complexity index is 211. The number of rotatable bonds is 16. The van der Waals surface area contributed by atoms with Gasteiger partial charge in [-0.25, -0.2) is 0 Å². The Balaban J connectivity index is 3.03. The minimum Gasteiger partial charge on any atom is -0.468 e. The second-order valence-corrected chi connectivity index (χ2v) is 5.55. The third kappa shape index (κ3) is 17.2. The van der Waals surface area contributed by atoms with E-state index in [1.807, 2.05) is 0 Å². The number of carbonyl (C=O) groups is 1. The number of carbonyl (C=O) groups excluding carboxylic acids is 1. The van der Waals surface area contributed by atoms with Gasteiger partial charge >= 0.3 is 0 Å². The van der Waals surface area contributed by atoms with Gasteiger partial charge in [-0.05, 0) is 32.1 Å². The highest BCUT2D eigenvalue weighted by atomic mass is 16.5. The largest absolute Gasteiger partial charge is 0.468 e. The van der Waals surface area contributed by atoms with Crippen molar-refractivity contribution < 1.29 is 9.53 Å². The molecule has 0 aromatic carbocycles. The van der Waals surface area contributed by atoms with E-state index in [0.29, 0.717) is 13.1 Å². The van der Waals surface area contributed by atoms with Crippen LogP contribution in [0, 0.1) is 0 Å². The summed E-state index contributed by atoms with van der Waals surface area (Å²) >= 11 is 0. The highest BCUT2D eigenvalue weighted by Gasteiger charge is 1.91. The molecule has 0 atom stereocenters. The maximum Gasteiger partial charge on any atom is 0.293 e. The molecule has 0 amide bonds. The van der Waals surface area contributed by atoms with Crippen LogP contribution in [0.4, 0.5) is 0 Å². The zero-order valence-corrected chi connectivity index (χ0v) is 13.4. The standard InChI is InChI=1S/C18H34O2/c1-2-3-4-5-6-7-8-9-10-11-12-13-14-15-16-17-20-18-19/h9-10,18H,2-8,11-17H2,1H3. The smallest absolute Gasteiger partial charge is 0.293 e. The fourth-order valence-corrected chi connectivity index (χ4v) is 2.30. The van der Waals surface area contributed by atoms with E-state index < -0.39 is 0 Å². The quantitative estimate of drug-likeness (QED) is 0.203. The number of unbranched alkanes of at least 4 members (excludes halogenated alkanes) is 11. The monoisotopic (exact) mass is 282 g/mol. The summed E-state index contributed by atoms with van der Waals surface area (Å²) in [6.07, 6.45) is 21.5. The average molecular weight is 282 g/mol. The lowest BCUT2D eigenvalue weighted by Gasteiger charge is -2.00. The van der Waals surface area contributed by atoms with Crippen molar-refractivity contribution >= 4 is 6.47 Å². The van der Waals surface area contributed by atoms with E-state index in [9.17, 15) is 4.79 Å². The molecule has 0 aliphatic heterocycles. The molecule has 2 nitrogen and oxygen atoms in total. The van der Waals surface area contributed by atoms with Gasteiger partial charge in [0.1, 0.15) is 0 Å². The molecule has 0 aliphatic rings. The summed E-state index contributed by atoms with van der Waals surface area (Å²) in [5.74, 6) is 0. The maximum atomic E-state index is 9.92. The first-order valence-electron chi connectivity index (χ1n) is 8.62. The Hall–Kier alpha value is -0.790. The van der Waals surface area contributed by atoms with Gasteiger partial charge < -0.3 is 4.74 Å². The second kappa shape index (κ2) is 18.2. The molecule has 0 spiro atoms. The van der Waals surface area contributed by atoms with Gasteiger partial charge in [-0.15, -0.1) is 0 Å². The van der Waals surface area contributed by atoms with E-state index in [1.54, 1.807) is 0 Å². The number of ether oxygens (including phenoxy) is 1. The van der Waals surface area contributed by atoms with Crippen molar-refractivity contribution in [2.45, 2.75) is 90.4 Å². The van der Waals surface area contributed by atoms with Gasteiger partial charge in [0.2, 0.25) is 0 Å². The van der Waals surface area contributed by atoms with E-state index in [1.165, 1.54) is 77.0 Å². The van der Waals surface area contributed by atoms with Crippen LogP contribution in [-0.2, 0) is 9.53 Å². The van der Waals surface area contributed by atoms with Crippen molar-refractivity contribution in [1.29, 1.82) is 0 Å². The third-order valence-electron chi connectivity index (χ3n) is 3.59. The molecule has 0 fully saturated rings. The molecule has 0 radical (unpaired) electrons. The average Bonchev–Trinajstić information content (AvgIpc) is 2.47. The first-order valence-corrected chi connectivity index (χ1v) is 8.62. The van der Waals surface area contributed by atoms with Crippen LogP contribution in [0.2, 0.25) is 0 Å². The summed E-state index contributed by atoms with van der Waals surface area (Å²) in [5, 5.41) is 0. The fourth-order valence-electron chi connectivity index (χ4n) is 2.30. The predicted octanol–water partition coefficient (Wildman–Crippen LogP) is 5.81. The molecule has 0 aromatic heterocycles. The number of hydrogen-bond acceptors (Lipinski definition) is 2. The van der Waals surface area contributed by atoms with E-state index in [2.05, 4.69) is 23.8 Å². The van der Waals surface area contributed by atoms with Crippen molar-refractivity contribution in [1.82, 2.24) is 0 Å². The predicted molar refractivity (Wildman–Crippen MR) is 86.9 cm³/mol. The molecule has 0 bridgehead atoms. The van der Waals surface area contributed by atoms with Gasteiger partial charge in [-0.1, -0.05) is 70.4 Å². The Labute approximate surface area is 126 Å². The molecule has 0 rings (SSSR count). The van der Waals surface area contributed by atoms with Crippen LogP contribution in [0.15, 0.2) is 12.2 Å². The SMILES string of the molecule is CCCCCCCCC=CCCCCCCCOC=O. The van der Waals surface area contributed by atoms with Gasteiger partial charge in [-0.2, -0.15) is 0 Å². The number of allylic oxidation sites excluding steroid dienone is 2. The van der Waals surface area contributed by atoms with Crippen molar-refractivity contribution in [2.24, 2.45) is 0 Å². The first kappa shape index (κ1) is 19.2. The Morgan fingerprint density at radius 3 is 1.75 bits per heavy atom. The van der Waals surface area contributed by atoms with Gasteiger partial charge in [0.25, 0.3) is 6.47 Å². The summed E-state index contributed by atoms with van der Waals surface area (Å²) in [7, 11) is 0. The van der Waals surface area contributed by atoms with Gasteiger partial charge in [0, 0.05) is 0 Å². The third-order valence-corrected chi connectivity index (χ3v) is 3.59. The minimum absolute atomic E-state index is 0.536. The summed E-state index contributed by atoms with van der Waals surface area (Å²) in [4.78, 5) is 9.92. The molecule has 2 heteroatoms. The molecule has 0 aromatic rings. The lowest BCUT2D eigenvalue weighted by atomic mass is 10.1. The fraction of sp³-hybridized carbons (Fsp3) is 0.833. The van der Waals surface area contributed by atoms with Crippen LogP contribution < -0.4 is 0 Å². The van der Waals surface area contributed by atoms with Gasteiger partial charge in [-0.3, -0.25) is 4.79 Å². The lowest BCUT2D eigenvalue weighted by Crippen LogP contribution is -1.91. The Morgan fingerprint density at radius 2 is 1.20 bits per heavy atom. The van der Waals surface area contributed by atoms with Crippen molar-refractivity contribution in [3.8, 4) is 0 Å². The van der Waals surface area contributed by atoms with Crippen LogP contribution in [0.1, 0.15) is 90.4 Å². The molecule has 0 saturated carbocycles. The molecule has 118 valence electrons. The van der Waals surface area contributed by atoms with E-state index in [-0.39, 0.29) is 0 Å².